The number of fused-ring (bicyclic) bond motifs is 1. The number of nitrogens with zero attached hydrogens (tertiary/aromatic N) is 5. The van der Waals surface area contributed by atoms with Gasteiger partial charge in [0.05, 0.1) is 35.5 Å². The van der Waals surface area contributed by atoms with Crippen LogP contribution in [-0.4, -0.2) is 37.5 Å². The minimum absolute atomic E-state index is 0.113. The van der Waals surface area contributed by atoms with Crippen LogP contribution in [0.5, 0.6) is 0 Å². The van der Waals surface area contributed by atoms with Crippen LogP contribution < -0.4 is 5.32 Å². The van der Waals surface area contributed by atoms with E-state index in [-0.39, 0.29) is 12.1 Å². The van der Waals surface area contributed by atoms with E-state index in [2.05, 4.69) is 27.2 Å². The number of carbonyl (C=O) groups excluding carboxylic acids is 1. The summed E-state index contributed by atoms with van der Waals surface area (Å²) in [6, 6.07) is 7.44. The molecule has 3 aromatic rings. The van der Waals surface area contributed by atoms with Crippen LogP contribution in [0.1, 0.15) is 37.3 Å². The first kappa shape index (κ1) is 17.8. The molecule has 0 bridgehead atoms. The third kappa shape index (κ3) is 3.99. The molecule has 0 saturated carbocycles. The molecule has 0 aliphatic heterocycles. The maximum atomic E-state index is 12.6. The molecule has 0 unspecified atom stereocenters. The maximum Gasteiger partial charge on any atom is 0.318 e. The SMILES string of the molecule is CCC[C@H](NC(=O)N(C)Cc1cnc2ccccc2n1)c1nccn1C. The standard InChI is InChI=1S/C19H24N6O/c1-4-7-17(18-20-10-11-24(18)2)23-19(26)25(3)13-14-12-21-15-8-5-6-9-16(15)22-14/h5-6,8-12,17H,4,7,13H2,1-3H3,(H,23,26)/t17-/m0/s1. The van der Waals surface area contributed by atoms with Gasteiger partial charge in [0, 0.05) is 26.5 Å². The number of amides is 2. The van der Waals surface area contributed by atoms with Crippen molar-refractivity contribution in [3.05, 3.63) is 54.4 Å². The Labute approximate surface area is 153 Å². The Morgan fingerprint density at radius 2 is 2.04 bits per heavy atom. The lowest BCUT2D eigenvalue weighted by atomic mass is 10.1. The Morgan fingerprint density at radius 1 is 1.27 bits per heavy atom. The topological polar surface area (TPSA) is 75.9 Å². The first-order valence-electron chi connectivity index (χ1n) is 8.78. The molecule has 2 amide bonds. The van der Waals surface area contributed by atoms with Crippen molar-refractivity contribution >= 4 is 17.1 Å². The highest BCUT2D eigenvalue weighted by Gasteiger charge is 2.20. The van der Waals surface area contributed by atoms with Gasteiger partial charge in [-0.2, -0.15) is 0 Å². The fraction of sp³-hybridized carbons (Fsp3) is 0.368. The van der Waals surface area contributed by atoms with Crippen LogP contribution in [0.3, 0.4) is 0 Å². The smallest absolute Gasteiger partial charge is 0.318 e. The molecular weight excluding hydrogens is 328 g/mol. The summed E-state index contributed by atoms with van der Waals surface area (Å²) >= 11 is 0. The summed E-state index contributed by atoms with van der Waals surface area (Å²) in [6.45, 7) is 2.49. The summed E-state index contributed by atoms with van der Waals surface area (Å²) in [5.74, 6) is 0.860. The number of hydrogen-bond donors (Lipinski definition) is 1. The van der Waals surface area contributed by atoms with Crippen LogP contribution in [-0.2, 0) is 13.6 Å². The zero-order valence-corrected chi connectivity index (χ0v) is 15.4. The van der Waals surface area contributed by atoms with Gasteiger partial charge in [-0.25, -0.2) is 14.8 Å². The Bertz CT molecular complexity index is 890. The lowest BCUT2D eigenvalue weighted by molar-refractivity contribution is 0.200. The van der Waals surface area contributed by atoms with Gasteiger partial charge < -0.3 is 14.8 Å². The number of rotatable bonds is 6. The number of urea groups is 1. The minimum Gasteiger partial charge on any atom is -0.336 e. The normalized spacial score (nSPS) is 12.1. The number of nitrogens with one attached hydrogen (secondary N) is 1. The highest BCUT2D eigenvalue weighted by Crippen LogP contribution is 2.17. The quantitative estimate of drug-likeness (QED) is 0.740. The number of imidazole rings is 1. The summed E-state index contributed by atoms with van der Waals surface area (Å²) in [5, 5.41) is 3.07. The van der Waals surface area contributed by atoms with Gasteiger partial charge in [0.2, 0.25) is 0 Å². The van der Waals surface area contributed by atoms with Crippen LogP contribution in [0.25, 0.3) is 11.0 Å². The van der Waals surface area contributed by atoms with Crippen LogP contribution in [0.2, 0.25) is 0 Å². The molecule has 2 aromatic heterocycles. The predicted octanol–water partition coefficient (Wildman–Crippen LogP) is 3.05. The van der Waals surface area contributed by atoms with Gasteiger partial charge in [0.25, 0.3) is 0 Å². The third-order valence-electron chi connectivity index (χ3n) is 4.29. The van der Waals surface area contributed by atoms with Crippen molar-refractivity contribution in [2.75, 3.05) is 7.05 Å². The molecule has 2 heterocycles. The average molecular weight is 352 g/mol. The third-order valence-corrected chi connectivity index (χ3v) is 4.29. The molecule has 136 valence electrons. The van der Waals surface area contributed by atoms with E-state index >= 15 is 0 Å². The van der Waals surface area contributed by atoms with Gasteiger partial charge in [-0.3, -0.25) is 4.98 Å². The van der Waals surface area contributed by atoms with Crippen molar-refractivity contribution in [1.82, 2.24) is 29.7 Å². The molecule has 0 aliphatic rings. The average Bonchev–Trinajstić information content (AvgIpc) is 3.07. The molecule has 7 heteroatoms. The predicted molar refractivity (Wildman–Crippen MR) is 100 cm³/mol. The van der Waals surface area contributed by atoms with Crippen molar-refractivity contribution in [2.24, 2.45) is 7.05 Å². The molecular formula is C19H24N6O. The monoisotopic (exact) mass is 352 g/mol. The van der Waals surface area contributed by atoms with Crippen LogP contribution >= 0.6 is 0 Å². The lowest BCUT2D eigenvalue weighted by Crippen LogP contribution is -2.39. The molecule has 1 atom stereocenters. The molecule has 1 aromatic carbocycles. The van der Waals surface area contributed by atoms with Crippen LogP contribution in [0, 0.1) is 0 Å². The highest BCUT2D eigenvalue weighted by atomic mass is 16.2. The first-order valence-corrected chi connectivity index (χ1v) is 8.78. The van der Waals surface area contributed by atoms with E-state index in [4.69, 9.17) is 0 Å². The summed E-state index contributed by atoms with van der Waals surface area (Å²) in [6.07, 6.45) is 7.14. The number of aromatic nitrogens is 4. The first-order chi connectivity index (χ1) is 12.6. The molecule has 0 radical (unpaired) electrons. The molecule has 7 nitrogen and oxygen atoms in total. The Balaban J connectivity index is 1.68. The van der Waals surface area contributed by atoms with E-state index in [1.807, 2.05) is 42.1 Å². The second-order valence-corrected chi connectivity index (χ2v) is 6.39. The van der Waals surface area contributed by atoms with Gasteiger partial charge in [-0.15, -0.1) is 0 Å². The van der Waals surface area contributed by atoms with Gasteiger partial charge in [-0.05, 0) is 18.6 Å². The summed E-state index contributed by atoms with van der Waals surface area (Å²) < 4.78 is 1.94. The van der Waals surface area contributed by atoms with E-state index < -0.39 is 0 Å². The molecule has 0 fully saturated rings. The van der Waals surface area contributed by atoms with Crippen molar-refractivity contribution < 1.29 is 4.79 Å². The zero-order valence-electron chi connectivity index (χ0n) is 15.4. The van der Waals surface area contributed by atoms with Crippen molar-refractivity contribution in [3.63, 3.8) is 0 Å². The number of carbonyl (C=O) groups is 1. The van der Waals surface area contributed by atoms with Gasteiger partial charge in [0.1, 0.15) is 5.82 Å². The Kier molecular flexibility index (Phi) is 5.46. The van der Waals surface area contributed by atoms with Crippen LogP contribution in [0.15, 0.2) is 42.9 Å². The number of hydrogen-bond acceptors (Lipinski definition) is 4. The highest BCUT2D eigenvalue weighted by molar-refractivity contribution is 5.75. The minimum atomic E-state index is -0.151. The molecule has 26 heavy (non-hydrogen) atoms. The van der Waals surface area contributed by atoms with E-state index in [1.165, 1.54) is 0 Å². The van der Waals surface area contributed by atoms with Crippen molar-refractivity contribution in [3.8, 4) is 0 Å². The maximum absolute atomic E-state index is 12.6. The van der Waals surface area contributed by atoms with E-state index in [1.54, 1.807) is 24.3 Å². The summed E-state index contributed by atoms with van der Waals surface area (Å²) in [4.78, 5) is 27.6. The fourth-order valence-corrected chi connectivity index (χ4v) is 2.91. The zero-order chi connectivity index (χ0) is 18.5. The van der Waals surface area contributed by atoms with E-state index in [0.29, 0.717) is 6.54 Å². The second kappa shape index (κ2) is 7.95. The molecule has 0 spiro atoms. The number of aryl methyl sites for hydroxylation is 1. The Hall–Kier alpha value is -2.96. The Morgan fingerprint density at radius 3 is 2.73 bits per heavy atom. The molecule has 3 rings (SSSR count). The largest absolute Gasteiger partial charge is 0.336 e. The summed E-state index contributed by atoms with van der Waals surface area (Å²) in [5.41, 5.74) is 2.43. The molecule has 1 N–H and O–H groups in total. The van der Waals surface area contributed by atoms with Crippen molar-refractivity contribution in [2.45, 2.75) is 32.4 Å². The van der Waals surface area contributed by atoms with Crippen LogP contribution in [0.4, 0.5) is 4.79 Å². The number of para-hydroxylation sites is 2. The lowest BCUT2D eigenvalue weighted by Gasteiger charge is -2.23. The fourth-order valence-electron chi connectivity index (χ4n) is 2.91. The molecule has 0 aliphatic carbocycles. The van der Waals surface area contributed by atoms with Gasteiger partial charge in [0.15, 0.2) is 0 Å². The van der Waals surface area contributed by atoms with Crippen molar-refractivity contribution in [1.29, 1.82) is 0 Å². The molecule has 0 saturated heterocycles. The number of benzene rings is 1. The summed E-state index contributed by atoms with van der Waals surface area (Å²) in [7, 11) is 3.69. The van der Waals surface area contributed by atoms with E-state index in [0.717, 1.165) is 35.4 Å². The van der Waals surface area contributed by atoms with Gasteiger partial charge >= 0.3 is 6.03 Å². The van der Waals surface area contributed by atoms with E-state index in [9.17, 15) is 4.79 Å². The van der Waals surface area contributed by atoms with Gasteiger partial charge in [-0.1, -0.05) is 25.5 Å². The second-order valence-electron chi connectivity index (χ2n) is 6.39.